The Balaban J connectivity index is 1.96. The second-order valence-electron chi connectivity index (χ2n) is 5.89. The molecule has 0 bridgehead atoms. The highest BCUT2D eigenvalue weighted by atomic mass is 32.2. The molecular weight excluding hydrogens is 286 g/mol. The standard InChI is InChI=1S/C15H25N3O2S/c1-12(11-14-5-4-10-16-14)17-13-6-8-15(9-7-13)21(19,20)18(2)3/h6-9,12,14,16-17H,4-5,10-11H2,1-3H3. The minimum absolute atomic E-state index is 0.322. The van der Waals surface area contributed by atoms with Crippen LogP contribution in [0.3, 0.4) is 0 Å². The molecule has 0 spiro atoms. The molecule has 1 aliphatic rings. The van der Waals surface area contributed by atoms with Crippen molar-refractivity contribution >= 4 is 15.7 Å². The summed E-state index contributed by atoms with van der Waals surface area (Å²) in [5, 5.41) is 6.92. The van der Waals surface area contributed by atoms with Gasteiger partial charge >= 0.3 is 0 Å². The van der Waals surface area contributed by atoms with Crippen molar-refractivity contribution in [2.45, 2.75) is 43.2 Å². The van der Waals surface area contributed by atoms with Crippen molar-refractivity contribution in [3.63, 3.8) is 0 Å². The zero-order valence-corrected chi connectivity index (χ0v) is 13.8. The quantitative estimate of drug-likeness (QED) is 0.842. The number of hydrogen-bond acceptors (Lipinski definition) is 4. The van der Waals surface area contributed by atoms with Crippen LogP contribution in [0.25, 0.3) is 0 Å². The van der Waals surface area contributed by atoms with Gasteiger partial charge in [0, 0.05) is 31.9 Å². The zero-order valence-electron chi connectivity index (χ0n) is 13.0. The lowest BCUT2D eigenvalue weighted by atomic mass is 10.1. The molecule has 1 aromatic rings. The lowest BCUT2D eigenvalue weighted by Gasteiger charge is -2.19. The van der Waals surface area contributed by atoms with Crippen LogP contribution in [-0.4, -0.2) is 45.4 Å². The molecule has 2 rings (SSSR count). The van der Waals surface area contributed by atoms with Gasteiger partial charge in [0.05, 0.1) is 4.90 Å². The second kappa shape index (κ2) is 6.77. The van der Waals surface area contributed by atoms with Crippen LogP contribution in [0.1, 0.15) is 26.2 Å². The van der Waals surface area contributed by atoms with Gasteiger partial charge in [0.1, 0.15) is 0 Å². The Bertz CT molecular complexity index is 549. The molecule has 1 aliphatic heterocycles. The van der Waals surface area contributed by atoms with Gasteiger partial charge in [0.15, 0.2) is 0 Å². The Morgan fingerprint density at radius 3 is 2.52 bits per heavy atom. The summed E-state index contributed by atoms with van der Waals surface area (Å²) in [5.74, 6) is 0. The normalized spacial score (nSPS) is 20.7. The molecule has 118 valence electrons. The van der Waals surface area contributed by atoms with E-state index in [1.54, 1.807) is 12.1 Å². The van der Waals surface area contributed by atoms with Gasteiger partial charge in [-0.15, -0.1) is 0 Å². The molecule has 2 atom stereocenters. The van der Waals surface area contributed by atoms with Crippen LogP contribution in [0, 0.1) is 0 Å². The van der Waals surface area contributed by atoms with Crippen LogP contribution in [0.15, 0.2) is 29.2 Å². The highest BCUT2D eigenvalue weighted by Crippen LogP contribution is 2.19. The number of anilines is 1. The van der Waals surface area contributed by atoms with Gasteiger partial charge < -0.3 is 10.6 Å². The molecule has 21 heavy (non-hydrogen) atoms. The van der Waals surface area contributed by atoms with E-state index in [0.717, 1.165) is 18.7 Å². The van der Waals surface area contributed by atoms with E-state index in [0.29, 0.717) is 17.0 Å². The van der Waals surface area contributed by atoms with E-state index in [4.69, 9.17) is 0 Å². The summed E-state index contributed by atoms with van der Waals surface area (Å²) < 4.78 is 25.2. The molecule has 6 heteroatoms. The Morgan fingerprint density at radius 2 is 2.00 bits per heavy atom. The maximum atomic E-state index is 12.0. The summed E-state index contributed by atoms with van der Waals surface area (Å²) in [4.78, 5) is 0.322. The molecule has 1 aromatic carbocycles. The fourth-order valence-electron chi connectivity index (χ4n) is 2.66. The molecule has 0 aromatic heterocycles. The highest BCUT2D eigenvalue weighted by Gasteiger charge is 2.18. The van der Waals surface area contributed by atoms with Crippen molar-refractivity contribution in [1.82, 2.24) is 9.62 Å². The topological polar surface area (TPSA) is 61.4 Å². The fraction of sp³-hybridized carbons (Fsp3) is 0.600. The minimum Gasteiger partial charge on any atom is -0.383 e. The largest absolute Gasteiger partial charge is 0.383 e. The van der Waals surface area contributed by atoms with E-state index in [2.05, 4.69) is 17.6 Å². The van der Waals surface area contributed by atoms with Gasteiger partial charge in [-0.25, -0.2) is 12.7 Å². The van der Waals surface area contributed by atoms with Crippen LogP contribution in [-0.2, 0) is 10.0 Å². The van der Waals surface area contributed by atoms with Gasteiger partial charge in [-0.05, 0) is 57.0 Å². The number of rotatable bonds is 6. The monoisotopic (exact) mass is 311 g/mol. The lowest BCUT2D eigenvalue weighted by molar-refractivity contribution is 0.520. The summed E-state index contributed by atoms with van der Waals surface area (Å²) in [5.41, 5.74) is 0.957. The third-order valence-corrected chi connectivity index (χ3v) is 5.68. The van der Waals surface area contributed by atoms with E-state index < -0.39 is 10.0 Å². The van der Waals surface area contributed by atoms with Crippen molar-refractivity contribution in [2.24, 2.45) is 0 Å². The predicted octanol–water partition coefficient (Wildman–Crippen LogP) is 1.88. The van der Waals surface area contributed by atoms with E-state index in [9.17, 15) is 8.42 Å². The van der Waals surface area contributed by atoms with E-state index in [1.165, 1.54) is 31.2 Å². The SMILES string of the molecule is CC(CC1CCCN1)Nc1ccc(S(=O)(=O)N(C)C)cc1. The molecule has 2 unspecified atom stereocenters. The van der Waals surface area contributed by atoms with Crippen LogP contribution < -0.4 is 10.6 Å². The first-order valence-corrected chi connectivity index (χ1v) is 8.86. The van der Waals surface area contributed by atoms with Crippen LogP contribution in [0.5, 0.6) is 0 Å². The van der Waals surface area contributed by atoms with Gasteiger partial charge in [-0.2, -0.15) is 0 Å². The number of nitrogens with zero attached hydrogens (tertiary/aromatic N) is 1. The number of sulfonamides is 1. The van der Waals surface area contributed by atoms with Gasteiger partial charge in [-0.1, -0.05) is 0 Å². The molecule has 0 aliphatic carbocycles. The lowest BCUT2D eigenvalue weighted by Crippen LogP contribution is -2.29. The third-order valence-electron chi connectivity index (χ3n) is 3.85. The predicted molar refractivity (Wildman–Crippen MR) is 86.0 cm³/mol. The van der Waals surface area contributed by atoms with Gasteiger partial charge in [0.2, 0.25) is 10.0 Å². The molecule has 0 amide bonds. The molecule has 2 N–H and O–H groups in total. The Kier molecular flexibility index (Phi) is 5.24. The first-order chi connectivity index (χ1) is 9.89. The van der Waals surface area contributed by atoms with Crippen molar-refractivity contribution < 1.29 is 8.42 Å². The van der Waals surface area contributed by atoms with Gasteiger partial charge in [0.25, 0.3) is 0 Å². The smallest absolute Gasteiger partial charge is 0.242 e. The Labute approximate surface area is 127 Å². The second-order valence-corrected chi connectivity index (χ2v) is 8.04. The van der Waals surface area contributed by atoms with Crippen molar-refractivity contribution in [2.75, 3.05) is 26.0 Å². The average Bonchev–Trinajstić information content (AvgIpc) is 2.91. The molecular formula is C15H25N3O2S. The van der Waals surface area contributed by atoms with Crippen molar-refractivity contribution in [3.8, 4) is 0 Å². The summed E-state index contributed by atoms with van der Waals surface area (Å²) in [6.07, 6.45) is 3.58. The first kappa shape index (κ1) is 16.3. The minimum atomic E-state index is -3.35. The van der Waals surface area contributed by atoms with Crippen LogP contribution in [0.2, 0.25) is 0 Å². The summed E-state index contributed by atoms with van der Waals surface area (Å²) in [7, 11) is -0.266. The zero-order chi connectivity index (χ0) is 15.5. The fourth-order valence-corrected chi connectivity index (χ4v) is 3.56. The maximum Gasteiger partial charge on any atom is 0.242 e. The van der Waals surface area contributed by atoms with E-state index in [-0.39, 0.29) is 0 Å². The number of nitrogens with one attached hydrogen (secondary N) is 2. The molecule has 5 nitrogen and oxygen atoms in total. The highest BCUT2D eigenvalue weighted by molar-refractivity contribution is 7.89. The van der Waals surface area contributed by atoms with Crippen LogP contribution >= 0.6 is 0 Å². The molecule has 1 heterocycles. The van der Waals surface area contributed by atoms with Crippen molar-refractivity contribution in [1.29, 1.82) is 0 Å². The molecule has 1 saturated heterocycles. The average molecular weight is 311 g/mol. The number of hydrogen-bond donors (Lipinski definition) is 2. The van der Waals surface area contributed by atoms with Gasteiger partial charge in [-0.3, -0.25) is 0 Å². The molecule has 1 fully saturated rings. The van der Waals surface area contributed by atoms with Crippen molar-refractivity contribution in [3.05, 3.63) is 24.3 Å². The maximum absolute atomic E-state index is 12.0. The van der Waals surface area contributed by atoms with E-state index >= 15 is 0 Å². The summed E-state index contributed by atoms with van der Waals surface area (Å²) >= 11 is 0. The number of benzene rings is 1. The van der Waals surface area contributed by atoms with E-state index in [1.807, 2.05) is 12.1 Å². The summed E-state index contributed by atoms with van der Waals surface area (Å²) in [6, 6.07) is 7.91. The molecule has 0 radical (unpaired) electrons. The Hall–Kier alpha value is -1.11. The third kappa shape index (κ3) is 4.18. The Morgan fingerprint density at radius 1 is 1.33 bits per heavy atom. The molecule has 0 saturated carbocycles. The van der Waals surface area contributed by atoms with Crippen LogP contribution in [0.4, 0.5) is 5.69 Å². The summed E-state index contributed by atoms with van der Waals surface area (Å²) in [6.45, 7) is 3.28. The first-order valence-electron chi connectivity index (χ1n) is 7.42.